The van der Waals surface area contributed by atoms with E-state index in [2.05, 4.69) is 0 Å². The highest BCUT2D eigenvalue weighted by Crippen LogP contribution is 2.41. The van der Waals surface area contributed by atoms with Crippen molar-refractivity contribution in [1.29, 1.82) is 0 Å². The van der Waals surface area contributed by atoms with E-state index in [9.17, 15) is 25.0 Å². The summed E-state index contributed by atoms with van der Waals surface area (Å²) in [5.74, 6) is -1.33. The number of nitro benzene ring substituents is 2. The van der Waals surface area contributed by atoms with Crippen molar-refractivity contribution < 1.29 is 19.4 Å². The van der Waals surface area contributed by atoms with Gasteiger partial charge in [-0.25, -0.2) is 4.79 Å². The molecule has 0 saturated carbocycles. The van der Waals surface area contributed by atoms with Gasteiger partial charge in [-0.1, -0.05) is 65.1 Å². The molecule has 2 aromatic rings. The molecule has 0 fully saturated rings. The van der Waals surface area contributed by atoms with Crippen LogP contribution in [0.3, 0.4) is 0 Å². The maximum Gasteiger partial charge on any atom is 0.359 e. The van der Waals surface area contributed by atoms with Gasteiger partial charge in [-0.05, 0) is 11.6 Å². The largest absolute Gasteiger partial charge is 0.449 e. The van der Waals surface area contributed by atoms with E-state index in [-0.39, 0.29) is 5.56 Å². The Kier molecular flexibility index (Phi) is 6.01. The van der Waals surface area contributed by atoms with Crippen LogP contribution in [-0.4, -0.2) is 19.6 Å². The molecule has 8 nitrogen and oxygen atoms in total. The average Bonchev–Trinajstić information content (AvgIpc) is 2.58. The lowest BCUT2D eigenvalue weighted by atomic mass is 9.98. The monoisotopic (exact) mass is 418 g/mol. The number of alkyl halides is 3. The number of esters is 1. The average molecular weight is 420 g/mol. The molecule has 0 aliphatic rings. The van der Waals surface area contributed by atoms with E-state index >= 15 is 0 Å². The Balaban J connectivity index is 2.72. The zero-order chi connectivity index (χ0) is 19.5. The molecule has 0 aromatic heterocycles. The number of rotatable bonds is 5. The summed E-state index contributed by atoms with van der Waals surface area (Å²) >= 11 is 16.5. The Labute approximate surface area is 161 Å². The fourth-order valence-electron chi connectivity index (χ4n) is 2.22. The Hall–Kier alpha value is -2.42. The number of halogens is 3. The highest BCUT2D eigenvalue weighted by Gasteiger charge is 2.40. The van der Waals surface area contributed by atoms with Crippen molar-refractivity contribution in [3.8, 4) is 0 Å². The minimum atomic E-state index is -2.47. The third kappa shape index (κ3) is 4.40. The molecule has 0 spiro atoms. The zero-order valence-electron chi connectivity index (χ0n) is 12.7. The lowest BCUT2D eigenvalue weighted by Gasteiger charge is -2.21. The van der Waals surface area contributed by atoms with Crippen LogP contribution in [0, 0.1) is 20.2 Å². The second-order valence-corrected chi connectivity index (χ2v) is 7.20. The maximum absolute atomic E-state index is 12.0. The van der Waals surface area contributed by atoms with Gasteiger partial charge in [0.15, 0.2) is 11.7 Å². The van der Waals surface area contributed by atoms with E-state index in [4.69, 9.17) is 39.5 Å². The first kappa shape index (κ1) is 19.9. The van der Waals surface area contributed by atoms with Crippen molar-refractivity contribution in [2.24, 2.45) is 0 Å². The van der Waals surface area contributed by atoms with Gasteiger partial charge in [0.25, 0.3) is 15.2 Å². The Morgan fingerprint density at radius 1 is 0.923 bits per heavy atom. The summed E-state index contributed by atoms with van der Waals surface area (Å²) in [5, 5.41) is 22.8. The molecule has 0 bridgehead atoms. The molecule has 0 N–H and O–H groups in total. The zero-order valence-corrected chi connectivity index (χ0v) is 14.9. The van der Waals surface area contributed by atoms with Crippen molar-refractivity contribution in [1.82, 2.24) is 0 Å². The Morgan fingerprint density at radius 2 is 1.42 bits per heavy atom. The SMILES string of the molecule is O=C(OC(c1ccccc1)c1c([N+](=O)[O-])cccc1[N+](=O)[O-])C(Cl)(Cl)Cl. The van der Waals surface area contributed by atoms with Gasteiger partial charge in [0.1, 0.15) is 0 Å². The minimum absolute atomic E-state index is 0.229. The van der Waals surface area contributed by atoms with E-state index < -0.39 is 42.7 Å². The Morgan fingerprint density at radius 3 is 1.85 bits per heavy atom. The molecule has 1 atom stereocenters. The van der Waals surface area contributed by atoms with Gasteiger partial charge in [-0.3, -0.25) is 20.2 Å². The van der Waals surface area contributed by atoms with E-state index in [1.165, 1.54) is 12.1 Å². The van der Waals surface area contributed by atoms with Crippen molar-refractivity contribution in [3.05, 3.63) is 79.9 Å². The fraction of sp³-hybridized carbons (Fsp3) is 0.133. The van der Waals surface area contributed by atoms with Gasteiger partial charge in [0, 0.05) is 12.1 Å². The Bertz CT molecular complexity index is 822. The van der Waals surface area contributed by atoms with Crippen molar-refractivity contribution in [2.75, 3.05) is 0 Å². The van der Waals surface area contributed by atoms with Crippen LogP contribution in [0.4, 0.5) is 11.4 Å². The number of carbonyl (C=O) groups excluding carboxylic acids is 1. The highest BCUT2D eigenvalue weighted by molar-refractivity contribution is 6.75. The van der Waals surface area contributed by atoms with Gasteiger partial charge < -0.3 is 4.74 Å². The second kappa shape index (κ2) is 7.86. The molecule has 2 rings (SSSR count). The van der Waals surface area contributed by atoms with Crippen LogP contribution in [0.15, 0.2) is 48.5 Å². The van der Waals surface area contributed by atoms with Crippen LogP contribution in [0.2, 0.25) is 0 Å². The van der Waals surface area contributed by atoms with Crippen molar-refractivity contribution >= 4 is 52.1 Å². The molecule has 2 aromatic carbocycles. The number of carbonyl (C=O) groups is 1. The van der Waals surface area contributed by atoms with Crippen LogP contribution < -0.4 is 0 Å². The van der Waals surface area contributed by atoms with Crippen molar-refractivity contribution in [2.45, 2.75) is 9.90 Å². The molecular formula is C15H9Cl3N2O6. The maximum atomic E-state index is 12.0. The number of nitrogens with zero attached hydrogens (tertiary/aromatic N) is 2. The molecule has 0 aliphatic heterocycles. The molecule has 0 aliphatic carbocycles. The molecule has 0 radical (unpaired) electrons. The molecule has 0 heterocycles. The summed E-state index contributed by atoms with van der Waals surface area (Å²) in [6.45, 7) is 0. The van der Waals surface area contributed by atoms with Gasteiger partial charge in [-0.15, -0.1) is 0 Å². The number of ether oxygens (including phenoxy) is 1. The number of nitro groups is 2. The number of hydrogen-bond acceptors (Lipinski definition) is 6. The molecule has 0 saturated heterocycles. The second-order valence-electron chi connectivity index (χ2n) is 4.92. The van der Waals surface area contributed by atoms with E-state index in [0.717, 1.165) is 18.2 Å². The highest BCUT2D eigenvalue weighted by atomic mass is 35.6. The van der Waals surface area contributed by atoms with Crippen LogP contribution in [0.5, 0.6) is 0 Å². The van der Waals surface area contributed by atoms with E-state index in [1.54, 1.807) is 18.2 Å². The fourth-order valence-corrected chi connectivity index (χ4v) is 2.36. The third-order valence-electron chi connectivity index (χ3n) is 3.27. The third-order valence-corrected chi connectivity index (χ3v) is 3.74. The van der Waals surface area contributed by atoms with Gasteiger partial charge >= 0.3 is 5.97 Å². The first-order valence-corrected chi connectivity index (χ1v) is 8.00. The summed E-state index contributed by atoms with van der Waals surface area (Å²) < 4.78 is 2.66. The van der Waals surface area contributed by atoms with Gasteiger partial charge in [-0.2, -0.15) is 0 Å². The topological polar surface area (TPSA) is 113 Å². The van der Waals surface area contributed by atoms with E-state index in [1.807, 2.05) is 0 Å². The van der Waals surface area contributed by atoms with Gasteiger partial charge in [0.05, 0.1) is 9.85 Å². The number of benzene rings is 2. The lowest BCUT2D eigenvalue weighted by molar-refractivity contribution is -0.396. The smallest absolute Gasteiger partial charge is 0.359 e. The molecular weight excluding hydrogens is 411 g/mol. The summed E-state index contributed by atoms with van der Waals surface area (Å²) in [5.41, 5.74) is -1.42. The quantitative estimate of drug-likeness (QED) is 0.305. The summed E-state index contributed by atoms with van der Waals surface area (Å²) in [4.78, 5) is 33.1. The molecule has 11 heteroatoms. The molecule has 1 unspecified atom stereocenters. The molecule has 0 amide bonds. The minimum Gasteiger partial charge on any atom is -0.449 e. The van der Waals surface area contributed by atoms with Gasteiger partial charge in [0.2, 0.25) is 0 Å². The summed E-state index contributed by atoms with van der Waals surface area (Å²) in [7, 11) is 0. The van der Waals surface area contributed by atoms with Crippen LogP contribution >= 0.6 is 34.8 Å². The van der Waals surface area contributed by atoms with Crippen LogP contribution in [-0.2, 0) is 9.53 Å². The predicted octanol–water partition coefficient (Wildman–Crippen LogP) is 4.51. The van der Waals surface area contributed by atoms with Crippen LogP contribution in [0.25, 0.3) is 0 Å². The number of hydrogen-bond donors (Lipinski definition) is 0. The van der Waals surface area contributed by atoms with E-state index in [0.29, 0.717) is 0 Å². The van der Waals surface area contributed by atoms with Crippen LogP contribution in [0.1, 0.15) is 17.2 Å². The van der Waals surface area contributed by atoms with Crippen molar-refractivity contribution in [3.63, 3.8) is 0 Å². The standard InChI is InChI=1S/C15H9Cl3N2O6/c16-15(17,18)14(21)26-13(9-5-2-1-3-6-9)12-10(19(22)23)7-4-8-11(12)20(24)25/h1-8,13H. The first-order valence-electron chi connectivity index (χ1n) is 6.87. The summed E-state index contributed by atoms with van der Waals surface area (Å²) in [6.07, 6.45) is -1.53. The first-order chi connectivity index (χ1) is 12.1. The lowest BCUT2D eigenvalue weighted by Crippen LogP contribution is -2.25. The molecule has 26 heavy (non-hydrogen) atoms. The summed E-state index contributed by atoms with van der Waals surface area (Å²) in [6, 6.07) is 11.0. The predicted molar refractivity (Wildman–Crippen MR) is 94.4 cm³/mol. The molecule has 136 valence electrons. The normalized spacial score (nSPS) is 12.3.